The number of likely N-dealkylation sites (tertiary alicyclic amines) is 1. The number of methoxy groups -OCH3 is 2. The van der Waals surface area contributed by atoms with Gasteiger partial charge in [0, 0.05) is 18.4 Å². The van der Waals surface area contributed by atoms with E-state index in [1.54, 1.807) is 20.3 Å². The maximum Gasteiger partial charge on any atom is 0.407 e. The van der Waals surface area contributed by atoms with E-state index in [4.69, 9.17) is 23.7 Å². The van der Waals surface area contributed by atoms with E-state index in [1.807, 2.05) is 66.7 Å². The molecule has 0 aromatic heterocycles. The van der Waals surface area contributed by atoms with Crippen LogP contribution in [0.5, 0.6) is 17.2 Å². The number of hydrogen-bond donors (Lipinski definition) is 2. The van der Waals surface area contributed by atoms with Crippen molar-refractivity contribution in [2.45, 2.75) is 37.8 Å². The van der Waals surface area contributed by atoms with Gasteiger partial charge in [-0.2, -0.15) is 0 Å². The minimum atomic E-state index is -1.09. The Morgan fingerprint density at radius 1 is 0.850 bits per heavy atom. The van der Waals surface area contributed by atoms with Gasteiger partial charge in [0.1, 0.15) is 17.2 Å². The summed E-state index contributed by atoms with van der Waals surface area (Å²) in [6, 6.07) is 23.0. The van der Waals surface area contributed by atoms with Gasteiger partial charge in [0.2, 0.25) is 0 Å². The first-order valence-corrected chi connectivity index (χ1v) is 13.3. The van der Waals surface area contributed by atoms with E-state index in [1.165, 1.54) is 4.90 Å². The Kier molecular flexibility index (Phi) is 10.6. The molecule has 1 saturated heterocycles. The molecule has 1 aliphatic heterocycles. The Labute approximate surface area is 234 Å². The molecule has 3 aromatic rings. The average Bonchev–Trinajstić information content (AvgIpc) is 2.98. The van der Waals surface area contributed by atoms with Crippen LogP contribution < -0.4 is 14.2 Å². The fraction of sp³-hybridized carbons (Fsp3) is 0.387. The lowest BCUT2D eigenvalue weighted by atomic mass is 9.84. The lowest BCUT2D eigenvalue weighted by Crippen LogP contribution is -2.53. The van der Waals surface area contributed by atoms with Crippen molar-refractivity contribution in [2.75, 3.05) is 40.5 Å². The lowest BCUT2D eigenvalue weighted by Gasteiger charge is -2.40. The Bertz CT molecular complexity index is 1180. The van der Waals surface area contributed by atoms with Crippen LogP contribution in [-0.4, -0.2) is 73.9 Å². The SMILES string of the molecule is COc1cc(COC2CN(C(=O)O)CC(O)C2c2ccc(OCCCOCc3ccccc3)cc2)cc(OC)c1. The number of aliphatic hydroxyl groups excluding tert-OH is 1. The number of hydrogen-bond acceptors (Lipinski definition) is 7. The fourth-order valence-corrected chi connectivity index (χ4v) is 4.80. The number of rotatable bonds is 13. The van der Waals surface area contributed by atoms with E-state index in [0.717, 1.165) is 23.1 Å². The second kappa shape index (κ2) is 14.6. The van der Waals surface area contributed by atoms with Crippen LogP contribution in [0.25, 0.3) is 0 Å². The van der Waals surface area contributed by atoms with Crippen LogP contribution in [0.15, 0.2) is 72.8 Å². The number of carboxylic acid groups (broad SMARTS) is 1. The van der Waals surface area contributed by atoms with Crippen molar-refractivity contribution >= 4 is 6.09 Å². The Morgan fingerprint density at radius 2 is 1.55 bits per heavy atom. The number of β-amino-alcohol motifs (C(OH)–C–C–N with tert-alkyl or cyclic N) is 1. The molecule has 1 amide bonds. The quantitative estimate of drug-likeness (QED) is 0.294. The largest absolute Gasteiger partial charge is 0.497 e. The summed E-state index contributed by atoms with van der Waals surface area (Å²) in [6.45, 7) is 2.03. The van der Waals surface area contributed by atoms with Crippen LogP contribution >= 0.6 is 0 Å². The molecule has 1 heterocycles. The van der Waals surface area contributed by atoms with Gasteiger partial charge in [0.05, 0.1) is 65.9 Å². The van der Waals surface area contributed by atoms with E-state index in [-0.39, 0.29) is 19.7 Å². The van der Waals surface area contributed by atoms with Crippen molar-refractivity contribution < 1.29 is 38.7 Å². The third kappa shape index (κ3) is 8.11. The van der Waals surface area contributed by atoms with Gasteiger partial charge in [-0.3, -0.25) is 0 Å². The van der Waals surface area contributed by atoms with E-state index in [9.17, 15) is 15.0 Å². The number of amides is 1. The van der Waals surface area contributed by atoms with Gasteiger partial charge in [-0.25, -0.2) is 4.79 Å². The normalized spacial score (nSPS) is 18.8. The van der Waals surface area contributed by atoms with Crippen molar-refractivity contribution in [1.29, 1.82) is 0 Å². The topological polar surface area (TPSA) is 107 Å². The maximum absolute atomic E-state index is 11.7. The highest BCUT2D eigenvalue weighted by Gasteiger charge is 2.39. The van der Waals surface area contributed by atoms with Crippen LogP contribution in [-0.2, 0) is 22.7 Å². The Hall–Kier alpha value is -3.79. The molecule has 1 fully saturated rings. The highest BCUT2D eigenvalue weighted by molar-refractivity contribution is 5.65. The first-order chi connectivity index (χ1) is 19.5. The molecule has 2 N–H and O–H groups in total. The van der Waals surface area contributed by atoms with Crippen molar-refractivity contribution in [1.82, 2.24) is 4.90 Å². The van der Waals surface area contributed by atoms with Crippen molar-refractivity contribution in [3.05, 3.63) is 89.5 Å². The number of aliphatic hydroxyl groups is 1. The van der Waals surface area contributed by atoms with Gasteiger partial charge in [-0.15, -0.1) is 0 Å². The molecular weight excluding hydrogens is 514 g/mol. The number of carbonyl (C=O) groups is 1. The van der Waals surface area contributed by atoms with Crippen molar-refractivity contribution in [2.24, 2.45) is 0 Å². The summed E-state index contributed by atoms with van der Waals surface area (Å²) in [5.74, 6) is 1.56. The average molecular weight is 552 g/mol. The predicted molar refractivity (Wildman–Crippen MR) is 149 cm³/mol. The molecule has 3 aromatic carbocycles. The summed E-state index contributed by atoms with van der Waals surface area (Å²) >= 11 is 0. The molecule has 3 unspecified atom stereocenters. The van der Waals surface area contributed by atoms with E-state index in [2.05, 4.69) is 0 Å². The summed E-state index contributed by atoms with van der Waals surface area (Å²) in [5.41, 5.74) is 2.80. The fourth-order valence-electron chi connectivity index (χ4n) is 4.80. The van der Waals surface area contributed by atoms with Crippen molar-refractivity contribution in [3.8, 4) is 17.2 Å². The predicted octanol–water partition coefficient (Wildman–Crippen LogP) is 4.71. The molecule has 0 aliphatic carbocycles. The van der Waals surface area contributed by atoms with Gasteiger partial charge in [0.15, 0.2) is 0 Å². The van der Waals surface area contributed by atoms with E-state index in [0.29, 0.717) is 37.1 Å². The van der Waals surface area contributed by atoms with Gasteiger partial charge in [-0.05, 0) is 41.0 Å². The second-order valence-electron chi connectivity index (χ2n) is 9.66. The highest BCUT2D eigenvalue weighted by Crippen LogP contribution is 2.33. The lowest BCUT2D eigenvalue weighted by molar-refractivity contribution is -0.0660. The zero-order valence-corrected chi connectivity index (χ0v) is 22.9. The Morgan fingerprint density at radius 3 is 2.20 bits per heavy atom. The van der Waals surface area contributed by atoms with Crippen LogP contribution in [0.4, 0.5) is 4.79 Å². The van der Waals surface area contributed by atoms with E-state index >= 15 is 0 Å². The first kappa shape index (κ1) is 29.2. The number of ether oxygens (including phenoxy) is 5. The van der Waals surface area contributed by atoms with Crippen molar-refractivity contribution in [3.63, 3.8) is 0 Å². The van der Waals surface area contributed by atoms with Gasteiger partial charge in [0.25, 0.3) is 0 Å². The molecule has 1 aliphatic rings. The maximum atomic E-state index is 11.7. The molecule has 0 spiro atoms. The third-order valence-electron chi connectivity index (χ3n) is 6.85. The zero-order valence-electron chi connectivity index (χ0n) is 22.9. The standard InChI is InChI=1S/C31H37NO8/c1-36-26-15-23(16-27(17-26)37-2)21-40-29-19-32(31(34)35)18-28(33)30(29)24-9-11-25(12-10-24)39-14-6-13-38-20-22-7-4-3-5-8-22/h3-5,7-12,15-17,28-30,33H,6,13-14,18-21H2,1-2H3,(H,34,35). The van der Waals surface area contributed by atoms with Crippen LogP contribution in [0, 0.1) is 0 Å². The monoisotopic (exact) mass is 551 g/mol. The highest BCUT2D eigenvalue weighted by atomic mass is 16.5. The van der Waals surface area contributed by atoms with Crippen LogP contribution in [0.2, 0.25) is 0 Å². The summed E-state index contributed by atoms with van der Waals surface area (Å²) in [6.07, 6.45) is -1.83. The molecule has 40 heavy (non-hydrogen) atoms. The first-order valence-electron chi connectivity index (χ1n) is 13.3. The second-order valence-corrected chi connectivity index (χ2v) is 9.66. The minimum absolute atomic E-state index is 0.00801. The summed E-state index contributed by atoms with van der Waals surface area (Å²) in [7, 11) is 3.15. The summed E-state index contributed by atoms with van der Waals surface area (Å²) < 4.78 is 28.5. The van der Waals surface area contributed by atoms with Crippen LogP contribution in [0.3, 0.4) is 0 Å². The molecule has 9 heteroatoms. The molecular formula is C31H37NO8. The molecule has 0 bridgehead atoms. The number of piperidine rings is 1. The van der Waals surface area contributed by atoms with Gasteiger partial charge >= 0.3 is 6.09 Å². The number of benzene rings is 3. The molecule has 4 rings (SSSR count). The summed E-state index contributed by atoms with van der Waals surface area (Å²) in [4.78, 5) is 12.9. The molecule has 0 radical (unpaired) electrons. The van der Waals surface area contributed by atoms with E-state index < -0.39 is 24.2 Å². The van der Waals surface area contributed by atoms with Crippen LogP contribution in [0.1, 0.15) is 29.0 Å². The molecule has 9 nitrogen and oxygen atoms in total. The van der Waals surface area contributed by atoms with Gasteiger partial charge in [-0.1, -0.05) is 42.5 Å². The smallest absolute Gasteiger partial charge is 0.407 e. The minimum Gasteiger partial charge on any atom is -0.497 e. The zero-order chi connectivity index (χ0) is 28.3. The molecule has 0 saturated carbocycles. The molecule has 214 valence electrons. The Balaban J connectivity index is 1.35. The number of nitrogens with zero attached hydrogens (tertiary/aromatic N) is 1. The van der Waals surface area contributed by atoms with Gasteiger partial charge < -0.3 is 38.8 Å². The third-order valence-corrected chi connectivity index (χ3v) is 6.85. The summed E-state index contributed by atoms with van der Waals surface area (Å²) in [5, 5.41) is 20.6. The molecule has 3 atom stereocenters.